The zero-order valence-electron chi connectivity index (χ0n) is 8.15. The third-order valence-corrected chi connectivity index (χ3v) is 2.73. The highest BCUT2D eigenvalue weighted by Gasteiger charge is 2.31. The van der Waals surface area contributed by atoms with Crippen LogP contribution < -0.4 is 0 Å². The second kappa shape index (κ2) is 4.73. The fourth-order valence-corrected chi connectivity index (χ4v) is 1.66. The molecule has 0 aliphatic rings. The number of pyridine rings is 1. The van der Waals surface area contributed by atoms with E-state index < -0.39 is 23.0 Å². The lowest BCUT2D eigenvalue weighted by molar-refractivity contribution is -0.138. The third-order valence-electron chi connectivity index (χ3n) is 1.71. The van der Waals surface area contributed by atoms with E-state index in [1.54, 1.807) is 0 Å². The van der Waals surface area contributed by atoms with Gasteiger partial charge in [-0.2, -0.15) is 13.2 Å². The van der Waals surface area contributed by atoms with Gasteiger partial charge >= 0.3 is 12.1 Å². The highest BCUT2D eigenvalue weighted by atomic mass is 32.2. The van der Waals surface area contributed by atoms with Gasteiger partial charge < -0.3 is 5.11 Å². The highest BCUT2D eigenvalue weighted by Crippen LogP contribution is 2.31. The molecule has 0 aromatic carbocycles. The molecule has 0 radical (unpaired) electrons. The number of carbonyl (C=O) groups is 1. The van der Waals surface area contributed by atoms with E-state index in [2.05, 4.69) is 4.98 Å². The van der Waals surface area contributed by atoms with Crippen molar-refractivity contribution in [1.82, 2.24) is 4.98 Å². The first-order valence-electron chi connectivity index (χ1n) is 4.23. The van der Waals surface area contributed by atoms with Gasteiger partial charge in [-0.1, -0.05) is 11.8 Å². The van der Waals surface area contributed by atoms with Crippen molar-refractivity contribution in [2.75, 3.05) is 0 Å². The number of alkyl halides is 3. The fourth-order valence-electron chi connectivity index (χ4n) is 0.882. The normalized spacial score (nSPS) is 13.5. The fraction of sp³-hybridized carbons (Fsp3) is 0.333. The van der Waals surface area contributed by atoms with Gasteiger partial charge in [-0.05, 0) is 19.1 Å². The average molecular weight is 251 g/mol. The predicted molar refractivity (Wildman–Crippen MR) is 52.2 cm³/mol. The first-order valence-corrected chi connectivity index (χ1v) is 5.11. The third kappa shape index (κ3) is 3.41. The van der Waals surface area contributed by atoms with Crippen molar-refractivity contribution in [3.63, 3.8) is 0 Å². The van der Waals surface area contributed by atoms with Gasteiger partial charge in [0, 0.05) is 6.20 Å². The summed E-state index contributed by atoms with van der Waals surface area (Å²) in [6, 6.07) is 1.68. The van der Waals surface area contributed by atoms with Crippen molar-refractivity contribution in [3.8, 4) is 0 Å². The van der Waals surface area contributed by atoms with Gasteiger partial charge in [-0.25, -0.2) is 4.98 Å². The number of aromatic nitrogens is 1. The number of hydrogen-bond donors (Lipinski definition) is 1. The van der Waals surface area contributed by atoms with E-state index in [9.17, 15) is 18.0 Å². The summed E-state index contributed by atoms with van der Waals surface area (Å²) in [7, 11) is 0. The molecule has 0 aliphatic heterocycles. The zero-order valence-corrected chi connectivity index (χ0v) is 8.97. The lowest BCUT2D eigenvalue weighted by Gasteiger charge is -2.09. The van der Waals surface area contributed by atoms with Crippen LogP contribution in [0.1, 0.15) is 12.5 Å². The molecule has 1 rings (SSSR count). The van der Waals surface area contributed by atoms with Gasteiger partial charge in [0.15, 0.2) is 0 Å². The second-order valence-electron chi connectivity index (χ2n) is 2.98. The number of halogens is 3. The number of carboxylic acids is 1. The van der Waals surface area contributed by atoms with Gasteiger partial charge in [0.1, 0.15) is 5.25 Å². The van der Waals surface area contributed by atoms with Crippen molar-refractivity contribution in [3.05, 3.63) is 23.9 Å². The Balaban J connectivity index is 2.87. The molecule has 0 bridgehead atoms. The lowest BCUT2D eigenvalue weighted by Crippen LogP contribution is -2.12. The van der Waals surface area contributed by atoms with Crippen LogP contribution in [-0.2, 0) is 11.0 Å². The first-order chi connectivity index (χ1) is 7.30. The minimum atomic E-state index is -4.44. The van der Waals surface area contributed by atoms with Gasteiger partial charge in [-0.3, -0.25) is 4.79 Å². The summed E-state index contributed by atoms with van der Waals surface area (Å²) >= 11 is 0.771. The van der Waals surface area contributed by atoms with Gasteiger partial charge in [0.05, 0.1) is 10.6 Å². The Morgan fingerprint density at radius 1 is 1.56 bits per heavy atom. The van der Waals surface area contributed by atoms with Crippen molar-refractivity contribution < 1.29 is 23.1 Å². The Kier molecular flexibility index (Phi) is 3.79. The lowest BCUT2D eigenvalue weighted by atomic mass is 10.3. The first kappa shape index (κ1) is 12.8. The Bertz CT molecular complexity index is 395. The summed E-state index contributed by atoms with van der Waals surface area (Å²) in [5.41, 5.74) is -0.831. The van der Waals surface area contributed by atoms with E-state index >= 15 is 0 Å². The minimum absolute atomic E-state index is 0.0460. The molecule has 1 heterocycles. The second-order valence-corrected chi connectivity index (χ2v) is 4.34. The monoisotopic (exact) mass is 251 g/mol. The molecule has 0 spiro atoms. The highest BCUT2D eigenvalue weighted by molar-refractivity contribution is 8.00. The summed E-state index contributed by atoms with van der Waals surface area (Å²) in [5, 5.41) is 7.81. The van der Waals surface area contributed by atoms with Crippen molar-refractivity contribution in [1.29, 1.82) is 0 Å². The van der Waals surface area contributed by atoms with E-state index in [1.807, 2.05) is 0 Å². The van der Waals surface area contributed by atoms with Crippen LogP contribution >= 0.6 is 11.8 Å². The van der Waals surface area contributed by atoms with Gasteiger partial charge in [0.25, 0.3) is 0 Å². The average Bonchev–Trinajstić information content (AvgIpc) is 2.16. The number of aliphatic carboxylic acids is 1. The Labute approximate surface area is 93.7 Å². The standard InChI is InChI=1S/C9H8F3NO2S/c1-5(8(14)15)16-7-4-6(2-3-13-7)9(10,11)12/h2-5H,1H3,(H,14,15). The molecule has 1 atom stereocenters. The molecular formula is C9H8F3NO2S. The molecule has 0 saturated carbocycles. The molecule has 1 unspecified atom stereocenters. The molecule has 1 aromatic heterocycles. The molecule has 7 heteroatoms. The molecule has 0 aliphatic carbocycles. The largest absolute Gasteiger partial charge is 0.480 e. The number of carboxylic acid groups (broad SMARTS) is 1. The Morgan fingerprint density at radius 3 is 2.69 bits per heavy atom. The van der Waals surface area contributed by atoms with Crippen LogP contribution in [0, 0.1) is 0 Å². The topological polar surface area (TPSA) is 50.2 Å². The summed E-state index contributed by atoms with van der Waals surface area (Å²) in [6.07, 6.45) is -3.43. The number of thioether (sulfide) groups is 1. The quantitative estimate of drug-likeness (QED) is 0.839. The Hall–Kier alpha value is -1.24. The van der Waals surface area contributed by atoms with Crippen molar-refractivity contribution in [2.45, 2.75) is 23.4 Å². The molecular weight excluding hydrogens is 243 g/mol. The van der Waals surface area contributed by atoms with E-state index in [-0.39, 0.29) is 5.03 Å². The molecule has 3 nitrogen and oxygen atoms in total. The smallest absolute Gasteiger partial charge is 0.416 e. The Morgan fingerprint density at radius 2 is 2.19 bits per heavy atom. The molecule has 0 amide bonds. The van der Waals surface area contributed by atoms with Crippen molar-refractivity contribution in [2.24, 2.45) is 0 Å². The SMILES string of the molecule is CC(Sc1cc(C(F)(F)F)ccn1)C(=O)O. The van der Waals surface area contributed by atoms with Crippen LogP contribution in [0.4, 0.5) is 13.2 Å². The number of hydrogen-bond acceptors (Lipinski definition) is 3. The summed E-state index contributed by atoms with van der Waals surface area (Å²) < 4.78 is 36.9. The number of rotatable bonds is 3. The van der Waals surface area contributed by atoms with E-state index in [1.165, 1.54) is 6.92 Å². The molecule has 1 aromatic rings. The maximum atomic E-state index is 12.3. The maximum absolute atomic E-state index is 12.3. The van der Waals surface area contributed by atoms with Crippen LogP contribution in [0.2, 0.25) is 0 Å². The summed E-state index contributed by atoms with van der Waals surface area (Å²) in [4.78, 5) is 14.2. The number of nitrogens with zero attached hydrogens (tertiary/aromatic N) is 1. The molecule has 16 heavy (non-hydrogen) atoms. The zero-order chi connectivity index (χ0) is 12.3. The van der Waals surface area contributed by atoms with Crippen LogP contribution in [0.15, 0.2) is 23.4 Å². The van der Waals surface area contributed by atoms with Crippen molar-refractivity contribution >= 4 is 17.7 Å². The summed E-state index contributed by atoms with van der Waals surface area (Å²) in [5.74, 6) is -1.09. The summed E-state index contributed by atoms with van der Waals surface area (Å²) in [6.45, 7) is 1.38. The van der Waals surface area contributed by atoms with E-state index in [0.29, 0.717) is 0 Å². The van der Waals surface area contributed by atoms with Crippen LogP contribution in [0.3, 0.4) is 0 Å². The van der Waals surface area contributed by atoms with Crippen LogP contribution in [-0.4, -0.2) is 21.3 Å². The van der Waals surface area contributed by atoms with Crippen LogP contribution in [0.5, 0.6) is 0 Å². The predicted octanol–water partition coefficient (Wildman–Crippen LogP) is 2.67. The maximum Gasteiger partial charge on any atom is 0.416 e. The van der Waals surface area contributed by atoms with Gasteiger partial charge in [0.2, 0.25) is 0 Å². The molecule has 1 N–H and O–H groups in total. The van der Waals surface area contributed by atoms with E-state index in [0.717, 1.165) is 30.1 Å². The molecule has 0 saturated heterocycles. The molecule has 0 fully saturated rings. The van der Waals surface area contributed by atoms with Gasteiger partial charge in [-0.15, -0.1) is 0 Å². The van der Waals surface area contributed by atoms with E-state index in [4.69, 9.17) is 5.11 Å². The van der Waals surface area contributed by atoms with Crippen LogP contribution in [0.25, 0.3) is 0 Å². The molecule has 88 valence electrons. The minimum Gasteiger partial charge on any atom is -0.480 e.